The van der Waals surface area contributed by atoms with Gasteiger partial charge in [0.15, 0.2) is 11.4 Å². The molecule has 20 heavy (non-hydrogen) atoms. The Kier molecular flexibility index (Phi) is 4.14. The van der Waals surface area contributed by atoms with E-state index in [-0.39, 0.29) is 17.3 Å². The van der Waals surface area contributed by atoms with E-state index in [4.69, 9.17) is 39.5 Å². The number of aryl methyl sites for hydroxylation is 1. The zero-order valence-corrected chi connectivity index (χ0v) is 11.8. The summed E-state index contributed by atoms with van der Waals surface area (Å²) in [5.41, 5.74) is 6.83. The average molecular weight is 306 g/mol. The van der Waals surface area contributed by atoms with Gasteiger partial charge in [0.2, 0.25) is 5.95 Å². The Bertz CT molecular complexity index is 716. The fourth-order valence-corrected chi connectivity index (χ4v) is 2.46. The molecule has 0 aliphatic carbocycles. The second-order valence-electron chi connectivity index (χ2n) is 4.07. The number of benzene rings is 1. The molecule has 0 radical (unpaired) electrons. The van der Waals surface area contributed by atoms with E-state index in [0.717, 1.165) is 5.56 Å². The fourth-order valence-electron chi connectivity index (χ4n) is 1.88. The first-order valence-corrected chi connectivity index (χ1v) is 6.42. The van der Waals surface area contributed by atoms with Crippen molar-refractivity contribution in [2.45, 2.75) is 13.0 Å². The molecule has 1 heterocycles. The van der Waals surface area contributed by atoms with Crippen molar-refractivity contribution in [2.75, 3.05) is 5.73 Å². The molecule has 1 aromatic carbocycles. The second kappa shape index (κ2) is 5.83. The lowest BCUT2D eigenvalue weighted by atomic mass is 10.1. The summed E-state index contributed by atoms with van der Waals surface area (Å²) in [5.74, 6) is 0.145. The van der Waals surface area contributed by atoms with Crippen molar-refractivity contribution < 1.29 is 0 Å². The molecule has 0 aliphatic heterocycles. The Morgan fingerprint density at radius 3 is 2.35 bits per heavy atom. The van der Waals surface area contributed by atoms with Crippen LogP contribution in [0.1, 0.15) is 17.0 Å². The van der Waals surface area contributed by atoms with Crippen molar-refractivity contribution in [2.24, 2.45) is 0 Å². The highest BCUT2D eigenvalue weighted by Crippen LogP contribution is 2.20. The van der Waals surface area contributed by atoms with E-state index in [1.54, 1.807) is 18.2 Å². The van der Waals surface area contributed by atoms with Crippen LogP contribution in [0, 0.1) is 22.7 Å². The lowest BCUT2D eigenvalue weighted by Gasteiger charge is -2.07. The number of imidazole rings is 1. The van der Waals surface area contributed by atoms with E-state index >= 15 is 0 Å². The monoisotopic (exact) mass is 305 g/mol. The highest BCUT2D eigenvalue weighted by molar-refractivity contribution is 6.34. The molecule has 7 heteroatoms. The van der Waals surface area contributed by atoms with E-state index in [1.165, 1.54) is 4.57 Å². The van der Waals surface area contributed by atoms with Crippen LogP contribution in [0.5, 0.6) is 0 Å². The van der Waals surface area contributed by atoms with Gasteiger partial charge in [0.05, 0.1) is 0 Å². The van der Waals surface area contributed by atoms with Crippen LogP contribution in [0.4, 0.5) is 5.95 Å². The van der Waals surface area contributed by atoms with Crippen LogP contribution >= 0.6 is 23.2 Å². The van der Waals surface area contributed by atoms with Crippen LogP contribution in [-0.4, -0.2) is 9.55 Å². The number of nitrogen functional groups attached to an aromatic ring is 1. The maximum atomic E-state index is 9.07. The van der Waals surface area contributed by atoms with Gasteiger partial charge in [-0.05, 0) is 30.2 Å². The molecule has 1 aromatic heterocycles. The van der Waals surface area contributed by atoms with Gasteiger partial charge < -0.3 is 10.3 Å². The van der Waals surface area contributed by atoms with Crippen LogP contribution in [0.3, 0.4) is 0 Å². The van der Waals surface area contributed by atoms with E-state index < -0.39 is 0 Å². The minimum absolute atomic E-state index is 0.0362. The molecule has 0 fully saturated rings. The summed E-state index contributed by atoms with van der Waals surface area (Å²) in [6.45, 7) is 0.417. The third-order valence-electron chi connectivity index (χ3n) is 2.76. The first kappa shape index (κ1) is 14.2. The van der Waals surface area contributed by atoms with Gasteiger partial charge in [0.1, 0.15) is 12.1 Å². The van der Waals surface area contributed by atoms with Gasteiger partial charge in [-0.2, -0.15) is 10.5 Å². The van der Waals surface area contributed by atoms with Crippen molar-refractivity contribution in [1.82, 2.24) is 9.55 Å². The maximum Gasteiger partial charge on any atom is 0.202 e. The zero-order chi connectivity index (χ0) is 14.7. The highest BCUT2D eigenvalue weighted by Gasteiger charge is 2.14. The number of rotatable bonds is 3. The predicted molar refractivity (Wildman–Crippen MR) is 76.2 cm³/mol. The molecule has 0 aliphatic rings. The summed E-state index contributed by atoms with van der Waals surface area (Å²) in [6.07, 6.45) is 0.570. The third kappa shape index (κ3) is 2.85. The van der Waals surface area contributed by atoms with Gasteiger partial charge in [-0.3, -0.25) is 0 Å². The Balaban J connectivity index is 2.26. The summed E-state index contributed by atoms with van der Waals surface area (Å²) in [6, 6.07) is 9.01. The molecule has 0 atom stereocenters. The number of nitriles is 2. The summed E-state index contributed by atoms with van der Waals surface area (Å²) >= 11 is 11.8. The van der Waals surface area contributed by atoms with Gasteiger partial charge >= 0.3 is 0 Å². The van der Waals surface area contributed by atoms with Gasteiger partial charge in [0, 0.05) is 16.6 Å². The summed E-state index contributed by atoms with van der Waals surface area (Å²) in [5, 5.41) is 19.0. The standard InChI is InChI=1S/C13H9Cl2N5/c14-9-3-8(4-10(15)5-9)1-2-20-12(7-17)11(6-16)19-13(20)18/h3-5H,1-2H2,(H2,18,19). The van der Waals surface area contributed by atoms with Crippen LogP contribution in [0.15, 0.2) is 18.2 Å². The van der Waals surface area contributed by atoms with E-state index in [1.807, 2.05) is 12.1 Å². The maximum absolute atomic E-state index is 9.07. The second-order valence-corrected chi connectivity index (χ2v) is 4.94. The molecule has 100 valence electrons. The van der Waals surface area contributed by atoms with Gasteiger partial charge in [-0.15, -0.1) is 0 Å². The summed E-state index contributed by atoms with van der Waals surface area (Å²) < 4.78 is 1.51. The molecule has 0 amide bonds. The quantitative estimate of drug-likeness (QED) is 0.943. The number of hydrogen-bond donors (Lipinski definition) is 1. The Morgan fingerprint density at radius 2 is 1.80 bits per heavy atom. The molecule has 0 unspecified atom stereocenters. The molecule has 0 spiro atoms. The molecule has 2 aromatic rings. The third-order valence-corrected chi connectivity index (χ3v) is 3.19. The number of halogens is 2. The predicted octanol–water partition coefficient (Wildman–Crippen LogP) is 2.76. The largest absolute Gasteiger partial charge is 0.369 e. The van der Waals surface area contributed by atoms with Crippen LogP contribution in [0.25, 0.3) is 0 Å². The number of nitrogens with zero attached hydrogens (tertiary/aromatic N) is 4. The Morgan fingerprint density at radius 1 is 1.15 bits per heavy atom. The van der Waals surface area contributed by atoms with Crippen LogP contribution in [-0.2, 0) is 13.0 Å². The van der Waals surface area contributed by atoms with Crippen molar-refractivity contribution in [3.05, 3.63) is 45.2 Å². The van der Waals surface area contributed by atoms with Crippen LogP contribution in [0.2, 0.25) is 10.0 Å². The molecular weight excluding hydrogens is 297 g/mol. The molecule has 2 rings (SSSR count). The van der Waals surface area contributed by atoms with E-state index in [9.17, 15) is 0 Å². The molecule has 0 bridgehead atoms. The summed E-state index contributed by atoms with van der Waals surface area (Å²) in [4.78, 5) is 3.85. The first-order valence-electron chi connectivity index (χ1n) is 5.66. The highest BCUT2D eigenvalue weighted by atomic mass is 35.5. The summed E-state index contributed by atoms with van der Waals surface area (Å²) in [7, 11) is 0. The number of aromatic nitrogens is 2. The molecular formula is C13H9Cl2N5. The van der Waals surface area contributed by atoms with Crippen molar-refractivity contribution in [3.63, 3.8) is 0 Å². The van der Waals surface area contributed by atoms with E-state index in [2.05, 4.69) is 4.98 Å². The van der Waals surface area contributed by atoms with Gasteiger partial charge in [0.25, 0.3) is 0 Å². The number of anilines is 1. The minimum atomic E-state index is 0.0362. The Labute approximate surface area is 125 Å². The number of hydrogen-bond acceptors (Lipinski definition) is 4. The SMILES string of the molecule is N#Cc1nc(N)n(CCc2cc(Cl)cc(Cl)c2)c1C#N. The zero-order valence-electron chi connectivity index (χ0n) is 10.3. The molecule has 0 saturated carbocycles. The van der Waals surface area contributed by atoms with Crippen molar-refractivity contribution >= 4 is 29.2 Å². The number of nitrogens with two attached hydrogens (primary N) is 1. The van der Waals surface area contributed by atoms with Crippen molar-refractivity contribution in [1.29, 1.82) is 10.5 Å². The lowest BCUT2D eigenvalue weighted by Crippen LogP contribution is -2.08. The average Bonchev–Trinajstić information content (AvgIpc) is 2.70. The molecule has 5 nitrogen and oxygen atoms in total. The molecule has 2 N–H and O–H groups in total. The van der Waals surface area contributed by atoms with Crippen molar-refractivity contribution in [3.8, 4) is 12.1 Å². The van der Waals surface area contributed by atoms with Crippen LogP contribution < -0.4 is 5.73 Å². The normalized spacial score (nSPS) is 10.0. The van der Waals surface area contributed by atoms with Gasteiger partial charge in [-0.25, -0.2) is 4.98 Å². The van der Waals surface area contributed by atoms with Gasteiger partial charge in [-0.1, -0.05) is 23.2 Å². The topological polar surface area (TPSA) is 91.4 Å². The smallest absolute Gasteiger partial charge is 0.202 e. The fraction of sp³-hybridized carbons (Fsp3) is 0.154. The Hall–Kier alpha value is -2.21. The lowest BCUT2D eigenvalue weighted by molar-refractivity contribution is 0.698. The minimum Gasteiger partial charge on any atom is -0.369 e. The first-order chi connectivity index (χ1) is 9.55. The van der Waals surface area contributed by atoms with E-state index in [0.29, 0.717) is 23.0 Å². The molecule has 0 saturated heterocycles.